The second kappa shape index (κ2) is 9.48. The molecule has 0 aliphatic rings. The third-order valence-electron chi connectivity index (χ3n) is 3.94. The third kappa shape index (κ3) is 5.40. The number of nitro groups is 1. The summed E-state index contributed by atoms with van der Waals surface area (Å²) < 4.78 is 0. The zero-order valence-corrected chi connectivity index (χ0v) is 16.3. The number of benzene rings is 2. The Kier molecular flexibility index (Phi) is 6.55. The van der Waals surface area contributed by atoms with E-state index in [2.05, 4.69) is 16.2 Å². The molecule has 3 aromatic rings. The van der Waals surface area contributed by atoms with Gasteiger partial charge in [-0.25, -0.2) is 4.98 Å². The minimum atomic E-state index is -0.417. The summed E-state index contributed by atoms with van der Waals surface area (Å²) in [6, 6.07) is 19.4. The van der Waals surface area contributed by atoms with Crippen molar-refractivity contribution in [1.82, 2.24) is 4.98 Å². The summed E-state index contributed by atoms with van der Waals surface area (Å²) in [7, 11) is 0. The summed E-state index contributed by atoms with van der Waals surface area (Å²) in [5.74, 6) is 0. The van der Waals surface area contributed by atoms with E-state index in [0.717, 1.165) is 5.56 Å². The van der Waals surface area contributed by atoms with Crippen LogP contribution in [0.5, 0.6) is 0 Å². The van der Waals surface area contributed by atoms with E-state index < -0.39 is 4.92 Å². The summed E-state index contributed by atoms with van der Waals surface area (Å²) in [5.41, 5.74) is 2.55. The highest BCUT2D eigenvalue weighted by atomic mass is 32.2. The molecule has 7 nitrogen and oxygen atoms in total. The van der Waals surface area contributed by atoms with Crippen LogP contribution in [0.25, 0.3) is 0 Å². The van der Waals surface area contributed by atoms with Crippen LogP contribution in [0.1, 0.15) is 23.6 Å². The molecule has 0 aliphatic heterocycles. The molecule has 0 aliphatic carbocycles. The van der Waals surface area contributed by atoms with E-state index in [1.165, 1.54) is 17.8 Å². The van der Waals surface area contributed by atoms with Crippen molar-refractivity contribution in [3.8, 4) is 6.07 Å². The number of nitro benzene ring substituents is 1. The van der Waals surface area contributed by atoms with E-state index in [9.17, 15) is 10.1 Å². The van der Waals surface area contributed by atoms with E-state index in [1.54, 1.807) is 61.7 Å². The number of rotatable bonds is 7. The van der Waals surface area contributed by atoms with Crippen molar-refractivity contribution >= 4 is 23.2 Å². The highest BCUT2D eigenvalue weighted by Gasteiger charge is 2.17. The Morgan fingerprint density at radius 1 is 1.24 bits per heavy atom. The molecular weight excluding hydrogens is 388 g/mol. The molecular formula is C21H16N4O3S. The zero-order valence-electron chi connectivity index (χ0n) is 15.5. The fraction of sp³-hybridized carbons (Fsp3) is 0.0952. The summed E-state index contributed by atoms with van der Waals surface area (Å²) in [6.45, 7) is 1.96. The number of nitriles is 1. The minimum Gasteiger partial charge on any atom is -0.391 e. The standard InChI is InChI=1S/C21H16N4O3S/c1-15(24-28-14-17-7-5-16(13-22)6-8-17)18-9-10-20(19(12-18)25(26)27)29-21-4-2-3-11-23-21/h2-12H,14H2,1H3/b24-15+. The van der Waals surface area contributed by atoms with Crippen molar-refractivity contribution < 1.29 is 9.76 Å². The molecule has 0 N–H and O–H groups in total. The molecule has 29 heavy (non-hydrogen) atoms. The van der Waals surface area contributed by atoms with Gasteiger partial charge in [-0.1, -0.05) is 41.2 Å². The zero-order chi connectivity index (χ0) is 20.6. The van der Waals surface area contributed by atoms with Crippen molar-refractivity contribution in [3.63, 3.8) is 0 Å². The molecule has 0 amide bonds. The molecule has 1 heterocycles. The lowest BCUT2D eigenvalue weighted by Gasteiger charge is -2.06. The van der Waals surface area contributed by atoms with Crippen molar-refractivity contribution in [3.05, 3.63) is 93.7 Å². The van der Waals surface area contributed by atoms with Gasteiger partial charge < -0.3 is 4.84 Å². The van der Waals surface area contributed by atoms with E-state index in [0.29, 0.717) is 26.8 Å². The van der Waals surface area contributed by atoms with Gasteiger partial charge in [0.05, 0.1) is 27.2 Å². The van der Waals surface area contributed by atoms with Gasteiger partial charge in [0.15, 0.2) is 0 Å². The van der Waals surface area contributed by atoms with Gasteiger partial charge in [0.1, 0.15) is 11.6 Å². The molecule has 8 heteroatoms. The Morgan fingerprint density at radius 3 is 2.69 bits per heavy atom. The number of pyridine rings is 1. The summed E-state index contributed by atoms with van der Waals surface area (Å²) >= 11 is 1.23. The maximum atomic E-state index is 11.5. The number of nitrogens with zero attached hydrogens (tertiary/aromatic N) is 4. The van der Waals surface area contributed by atoms with E-state index >= 15 is 0 Å². The molecule has 0 saturated heterocycles. The average molecular weight is 404 g/mol. The number of hydrogen-bond acceptors (Lipinski definition) is 7. The first-order valence-corrected chi connectivity index (χ1v) is 9.42. The molecule has 0 radical (unpaired) electrons. The molecule has 2 aromatic carbocycles. The average Bonchev–Trinajstić information content (AvgIpc) is 2.75. The minimum absolute atomic E-state index is 0.0141. The van der Waals surface area contributed by atoms with Crippen LogP contribution in [0.15, 0.2) is 81.9 Å². The summed E-state index contributed by atoms with van der Waals surface area (Å²) in [5, 5.41) is 25.1. The van der Waals surface area contributed by atoms with Crippen LogP contribution in [0.2, 0.25) is 0 Å². The van der Waals surface area contributed by atoms with E-state index in [4.69, 9.17) is 10.1 Å². The van der Waals surface area contributed by atoms with Crippen LogP contribution in [0, 0.1) is 21.4 Å². The monoisotopic (exact) mass is 404 g/mol. The van der Waals surface area contributed by atoms with Crippen LogP contribution in [0.3, 0.4) is 0 Å². The lowest BCUT2D eigenvalue weighted by atomic mass is 10.1. The van der Waals surface area contributed by atoms with Gasteiger partial charge in [-0.2, -0.15) is 5.26 Å². The molecule has 1 aromatic heterocycles. The lowest BCUT2D eigenvalue weighted by molar-refractivity contribution is -0.387. The first kappa shape index (κ1) is 20.0. The molecule has 3 rings (SSSR count). The predicted molar refractivity (Wildman–Crippen MR) is 110 cm³/mol. The molecule has 0 bridgehead atoms. The Balaban J connectivity index is 1.73. The van der Waals surface area contributed by atoms with E-state index in [-0.39, 0.29) is 12.3 Å². The first-order valence-electron chi connectivity index (χ1n) is 8.60. The Hall–Kier alpha value is -3.70. The summed E-state index contributed by atoms with van der Waals surface area (Å²) in [6.07, 6.45) is 1.64. The van der Waals surface area contributed by atoms with Gasteiger partial charge in [0.2, 0.25) is 0 Å². The predicted octanol–water partition coefficient (Wildman–Crippen LogP) is 4.95. The third-order valence-corrected chi connectivity index (χ3v) is 4.96. The Bertz CT molecular complexity index is 1080. The molecule has 0 saturated carbocycles. The normalized spacial score (nSPS) is 11.0. The lowest BCUT2D eigenvalue weighted by Crippen LogP contribution is -2.00. The van der Waals surface area contributed by atoms with Gasteiger partial charge in [-0.15, -0.1) is 0 Å². The Labute approximate surface area is 171 Å². The fourth-order valence-corrected chi connectivity index (χ4v) is 3.28. The van der Waals surface area contributed by atoms with Crippen molar-refractivity contribution in [2.45, 2.75) is 23.5 Å². The van der Waals surface area contributed by atoms with E-state index in [1.807, 2.05) is 6.07 Å². The molecule has 0 spiro atoms. The van der Waals surface area contributed by atoms with Crippen molar-refractivity contribution in [2.75, 3.05) is 0 Å². The smallest absolute Gasteiger partial charge is 0.283 e. The maximum absolute atomic E-state index is 11.5. The largest absolute Gasteiger partial charge is 0.391 e. The van der Waals surface area contributed by atoms with Gasteiger partial charge in [0, 0.05) is 17.8 Å². The highest BCUT2D eigenvalue weighted by Crippen LogP contribution is 2.34. The van der Waals surface area contributed by atoms with Crippen LogP contribution in [-0.4, -0.2) is 15.6 Å². The number of aromatic nitrogens is 1. The fourth-order valence-electron chi connectivity index (χ4n) is 2.42. The van der Waals surface area contributed by atoms with Gasteiger partial charge in [-0.05, 0) is 42.8 Å². The Morgan fingerprint density at radius 2 is 2.03 bits per heavy atom. The highest BCUT2D eigenvalue weighted by molar-refractivity contribution is 7.99. The van der Waals surface area contributed by atoms with Crippen LogP contribution in [-0.2, 0) is 11.4 Å². The maximum Gasteiger partial charge on any atom is 0.283 e. The first-order chi connectivity index (χ1) is 14.1. The van der Waals surface area contributed by atoms with Crippen LogP contribution < -0.4 is 0 Å². The van der Waals surface area contributed by atoms with Gasteiger partial charge >= 0.3 is 0 Å². The quantitative estimate of drug-likeness (QED) is 0.313. The molecule has 0 atom stereocenters. The second-order valence-electron chi connectivity index (χ2n) is 5.97. The molecule has 0 fully saturated rings. The number of hydrogen-bond donors (Lipinski definition) is 0. The van der Waals surface area contributed by atoms with Crippen LogP contribution in [0.4, 0.5) is 5.69 Å². The molecule has 0 unspecified atom stereocenters. The van der Waals surface area contributed by atoms with Crippen LogP contribution >= 0.6 is 11.8 Å². The van der Waals surface area contributed by atoms with Gasteiger partial charge in [0.25, 0.3) is 5.69 Å². The second-order valence-corrected chi connectivity index (χ2v) is 7.03. The van der Waals surface area contributed by atoms with Crippen molar-refractivity contribution in [2.24, 2.45) is 5.16 Å². The van der Waals surface area contributed by atoms with Crippen molar-refractivity contribution in [1.29, 1.82) is 5.26 Å². The van der Waals surface area contributed by atoms with Gasteiger partial charge in [-0.3, -0.25) is 10.1 Å². The molecule has 144 valence electrons. The number of oxime groups is 1. The SMILES string of the molecule is C/C(=N\OCc1ccc(C#N)cc1)c1ccc(Sc2ccccn2)c([N+](=O)[O-])c1. The summed E-state index contributed by atoms with van der Waals surface area (Å²) in [4.78, 5) is 21.1. The topological polar surface area (TPSA) is 101 Å².